The van der Waals surface area contributed by atoms with Gasteiger partial charge in [-0.1, -0.05) is 37.5 Å². The molecule has 1 saturated carbocycles. The molecule has 2 aromatic carbocycles. The highest BCUT2D eigenvalue weighted by atomic mass is 16.5. The van der Waals surface area contributed by atoms with Gasteiger partial charge in [-0.2, -0.15) is 0 Å². The Labute approximate surface area is 224 Å². The molecule has 2 fully saturated rings. The highest BCUT2D eigenvalue weighted by Gasteiger charge is 2.35. The Kier molecular flexibility index (Phi) is 8.15. The lowest BCUT2D eigenvalue weighted by Gasteiger charge is -2.39. The number of hydrogen-bond donors (Lipinski definition) is 2. The predicted octanol–water partition coefficient (Wildman–Crippen LogP) is 3.75. The van der Waals surface area contributed by atoms with Gasteiger partial charge in [-0.05, 0) is 61.1 Å². The molecule has 38 heavy (non-hydrogen) atoms. The van der Waals surface area contributed by atoms with Crippen molar-refractivity contribution in [3.63, 3.8) is 0 Å². The maximum Gasteiger partial charge on any atom is 0.258 e. The van der Waals surface area contributed by atoms with Crippen molar-refractivity contribution in [1.82, 2.24) is 15.5 Å². The highest BCUT2D eigenvalue weighted by Crippen LogP contribution is 2.28. The Balaban J connectivity index is 1.37. The quantitative estimate of drug-likeness (QED) is 0.630. The number of nitrogens with one attached hydrogen (secondary N) is 2. The first-order valence-electron chi connectivity index (χ1n) is 13.8. The van der Waals surface area contributed by atoms with Crippen molar-refractivity contribution in [2.75, 3.05) is 19.7 Å². The van der Waals surface area contributed by atoms with Crippen LogP contribution in [0.3, 0.4) is 0 Å². The first kappa shape index (κ1) is 26.1. The molecule has 0 unspecified atom stereocenters. The number of hydrogen-bond acceptors (Lipinski definition) is 5. The van der Waals surface area contributed by atoms with Gasteiger partial charge in [0, 0.05) is 38.0 Å². The minimum absolute atomic E-state index is 0.143. The molecule has 2 aromatic rings. The third kappa shape index (κ3) is 6.47. The average Bonchev–Trinajstić information content (AvgIpc) is 2.93. The second-order valence-electron chi connectivity index (χ2n) is 10.8. The van der Waals surface area contributed by atoms with Gasteiger partial charge in [0.2, 0.25) is 5.91 Å². The van der Waals surface area contributed by atoms with Gasteiger partial charge in [-0.3, -0.25) is 14.4 Å². The van der Waals surface area contributed by atoms with E-state index < -0.39 is 0 Å². The van der Waals surface area contributed by atoms with Crippen LogP contribution in [0.5, 0.6) is 11.5 Å². The van der Waals surface area contributed by atoms with Crippen LogP contribution in [0.2, 0.25) is 0 Å². The zero-order valence-corrected chi connectivity index (χ0v) is 22.0. The molecule has 1 aliphatic carbocycles. The van der Waals surface area contributed by atoms with Crippen LogP contribution in [0.25, 0.3) is 0 Å². The maximum atomic E-state index is 13.4. The SMILES string of the molecule is Cc1ccc2cc1OCC(=O)NCc1ccc(cc1)O[C@H]1CCN(C(=O)CC3CCCCC3)C[C@@H]1NC2=O. The van der Waals surface area contributed by atoms with Gasteiger partial charge < -0.3 is 25.0 Å². The molecule has 8 nitrogen and oxygen atoms in total. The molecule has 0 spiro atoms. The largest absolute Gasteiger partial charge is 0.488 e. The Bertz CT molecular complexity index is 1160. The maximum absolute atomic E-state index is 13.4. The molecular formula is C30H37N3O5. The minimum Gasteiger partial charge on any atom is -0.488 e. The zero-order chi connectivity index (χ0) is 26.5. The van der Waals surface area contributed by atoms with E-state index in [-0.39, 0.29) is 36.5 Å². The fraction of sp³-hybridized carbons (Fsp3) is 0.500. The summed E-state index contributed by atoms with van der Waals surface area (Å²) in [5.74, 6) is 1.30. The molecule has 3 aliphatic heterocycles. The fourth-order valence-electron chi connectivity index (χ4n) is 5.61. The van der Waals surface area contributed by atoms with Crippen LogP contribution in [0.15, 0.2) is 42.5 Å². The lowest BCUT2D eigenvalue weighted by molar-refractivity contribution is -0.135. The van der Waals surface area contributed by atoms with Crippen LogP contribution >= 0.6 is 0 Å². The number of likely N-dealkylation sites (tertiary alicyclic amines) is 1. The summed E-state index contributed by atoms with van der Waals surface area (Å²) >= 11 is 0. The lowest BCUT2D eigenvalue weighted by Crippen LogP contribution is -2.58. The lowest BCUT2D eigenvalue weighted by atomic mass is 9.86. The third-order valence-corrected chi connectivity index (χ3v) is 7.92. The summed E-state index contributed by atoms with van der Waals surface area (Å²) in [5.41, 5.74) is 2.21. The molecule has 3 heterocycles. The van der Waals surface area contributed by atoms with Crippen LogP contribution in [0.1, 0.15) is 66.4 Å². The molecular weight excluding hydrogens is 482 g/mol. The summed E-state index contributed by atoms with van der Waals surface area (Å²) < 4.78 is 12.1. The number of amides is 3. The van der Waals surface area contributed by atoms with Gasteiger partial charge in [0.05, 0.1) is 6.04 Å². The van der Waals surface area contributed by atoms with Crippen molar-refractivity contribution < 1.29 is 23.9 Å². The molecule has 6 rings (SSSR count). The van der Waals surface area contributed by atoms with Crippen LogP contribution in [0.4, 0.5) is 0 Å². The molecule has 0 radical (unpaired) electrons. The molecule has 2 atom stereocenters. The zero-order valence-electron chi connectivity index (χ0n) is 22.0. The van der Waals surface area contributed by atoms with Crippen LogP contribution in [-0.2, 0) is 16.1 Å². The molecule has 8 heteroatoms. The normalized spacial score (nSPS) is 22.8. The second-order valence-corrected chi connectivity index (χ2v) is 10.8. The van der Waals surface area contributed by atoms with Crippen molar-refractivity contribution in [2.45, 2.75) is 70.6 Å². The summed E-state index contributed by atoms with van der Waals surface area (Å²) in [6.45, 7) is 3.13. The first-order valence-corrected chi connectivity index (χ1v) is 13.8. The monoisotopic (exact) mass is 519 g/mol. The number of nitrogens with zero attached hydrogens (tertiary/aromatic N) is 1. The van der Waals surface area contributed by atoms with Crippen molar-refractivity contribution >= 4 is 17.7 Å². The number of piperidine rings is 1. The Morgan fingerprint density at radius 3 is 2.61 bits per heavy atom. The summed E-state index contributed by atoms with van der Waals surface area (Å²) in [6, 6.07) is 12.4. The van der Waals surface area contributed by atoms with Gasteiger partial charge in [0.15, 0.2) is 6.61 Å². The first-order chi connectivity index (χ1) is 18.4. The minimum atomic E-state index is -0.365. The average molecular weight is 520 g/mol. The van der Waals surface area contributed by atoms with Crippen molar-refractivity contribution in [3.8, 4) is 11.5 Å². The molecule has 1 saturated heterocycles. The highest BCUT2D eigenvalue weighted by molar-refractivity contribution is 5.95. The van der Waals surface area contributed by atoms with E-state index >= 15 is 0 Å². The van der Waals surface area contributed by atoms with E-state index in [2.05, 4.69) is 10.6 Å². The molecule has 0 aromatic heterocycles. The van der Waals surface area contributed by atoms with Crippen molar-refractivity contribution in [2.24, 2.45) is 5.92 Å². The third-order valence-electron chi connectivity index (χ3n) is 7.92. The van der Waals surface area contributed by atoms with E-state index in [0.717, 1.165) is 24.0 Å². The van der Waals surface area contributed by atoms with E-state index in [0.29, 0.717) is 55.5 Å². The summed E-state index contributed by atoms with van der Waals surface area (Å²) in [7, 11) is 0. The second kappa shape index (κ2) is 11.9. The summed E-state index contributed by atoms with van der Waals surface area (Å²) in [4.78, 5) is 40.8. The smallest absolute Gasteiger partial charge is 0.258 e. The number of ether oxygens (including phenoxy) is 2. The molecule has 202 valence electrons. The molecule has 4 aliphatic rings. The Hall–Kier alpha value is -3.55. The van der Waals surface area contributed by atoms with Gasteiger partial charge in [-0.15, -0.1) is 0 Å². The Morgan fingerprint density at radius 1 is 1.03 bits per heavy atom. The number of rotatable bonds is 2. The molecule has 4 bridgehead atoms. The number of benzene rings is 2. The Morgan fingerprint density at radius 2 is 1.82 bits per heavy atom. The number of fused-ring (bicyclic) bond motifs is 7. The van der Waals surface area contributed by atoms with Crippen LogP contribution < -0.4 is 20.1 Å². The summed E-state index contributed by atoms with van der Waals surface area (Å²) in [5, 5.41) is 5.99. The van der Waals surface area contributed by atoms with E-state index in [4.69, 9.17) is 9.47 Å². The van der Waals surface area contributed by atoms with E-state index in [1.54, 1.807) is 12.1 Å². The fourth-order valence-corrected chi connectivity index (χ4v) is 5.61. The van der Waals surface area contributed by atoms with E-state index in [9.17, 15) is 14.4 Å². The number of carbonyl (C=O) groups excluding carboxylic acids is 3. The van der Waals surface area contributed by atoms with Gasteiger partial charge in [0.1, 0.15) is 17.6 Å². The predicted molar refractivity (Wildman–Crippen MR) is 143 cm³/mol. The van der Waals surface area contributed by atoms with Crippen molar-refractivity contribution in [3.05, 3.63) is 59.2 Å². The number of aryl methyl sites for hydroxylation is 1. The van der Waals surface area contributed by atoms with Gasteiger partial charge >= 0.3 is 0 Å². The van der Waals surface area contributed by atoms with Gasteiger partial charge in [0.25, 0.3) is 11.8 Å². The van der Waals surface area contributed by atoms with Crippen molar-refractivity contribution in [1.29, 1.82) is 0 Å². The van der Waals surface area contributed by atoms with Crippen LogP contribution in [0, 0.1) is 12.8 Å². The number of carbonyl (C=O) groups is 3. The topological polar surface area (TPSA) is 97.0 Å². The van der Waals surface area contributed by atoms with E-state index in [1.165, 1.54) is 19.3 Å². The van der Waals surface area contributed by atoms with Crippen LogP contribution in [-0.4, -0.2) is 54.5 Å². The molecule has 3 amide bonds. The van der Waals surface area contributed by atoms with E-state index in [1.807, 2.05) is 42.2 Å². The molecule has 2 N–H and O–H groups in total. The standard InChI is InChI=1S/C30H37N3O5/c1-20-7-10-23-16-27(20)37-19-28(34)31-17-22-8-11-24(12-9-22)38-26-13-14-33(18-25(26)32-30(23)36)29(35)15-21-5-3-2-4-6-21/h7-12,16,21,25-26H,2-6,13-15,17-19H2,1H3,(H,31,34)(H,32,36)/t25-,26-/m0/s1. The summed E-state index contributed by atoms with van der Waals surface area (Å²) in [6.07, 6.45) is 6.86. The van der Waals surface area contributed by atoms with Gasteiger partial charge in [-0.25, -0.2) is 0 Å².